The number of likely N-dealkylation sites (N-methyl/N-ethyl adjacent to an activating group) is 1. The molecule has 63 heavy (non-hydrogen) atoms. The topological polar surface area (TPSA) is 111 Å². The van der Waals surface area contributed by atoms with Crippen LogP contribution in [0.3, 0.4) is 0 Å². The van der Waals surface area contributed by atoms with E-state index in [9.17, 15) is 19.0 Å². The molecule has 0 rings (SSSR count). The van der Waals surface area contributed by atoms with Gasteiger partial charge in [0.05, 0.1) is 27.7 Å². The molecule has 10 heteroatoms. The van der Waals surface area contributed by atoms with E-state index < -0.39 is 26.5 Å². The molecule has 0 bridgehead atoms. The van der Waals surface area contributed by atoms with Gasteiger partial charge in [-0.05, 0) is 44.9 Å². The third-order valence-electron chi connectivity index (χ3n) is 11.7. The molecule has 0 aliphatic rings. The van der Waals surface area contributed by atoms with Crippen molar-refractivity contribution in [1.29, 1.82) is 0 Å². The van der Waals surface area contributed by atoms with Gasteiger partial charge in [-0.1, -0.05) is 218 Å². The molecule has 0 saturated heterocycles. The number of phosphoric acid groups is 1. The first-order chi connectivity index (χ1) is 30.5. The van der Waals surface area contributed by atoms with E-state index in [1.54, 1.807) is 0 Å². The highest BCUT2D eigenvalue weighted by molar-refractivity contribution is 7.45. The van der Waals surface area contributed by atoms with Crippen LogP contribution in [0.25, 0.3) is 0 Å². The number of hydrogen-bond acceptors (Lipinski definition) is 8. The van der Waals surface area contributed by atoms with Crippen molar-refractivity contribution in [2.75, 3.05) is 47.5 Å². The zero-order chi connectivity index (χ0) is 46.4. The highest BCUT2D eigenvalue weighted by Crippen LogP contribution is 2.38. The minimum absolute atomic E-state index is 0.0303. The minimum Gasteiger partial charge on any atom is -0.756 e. The van der Waals surface area contributed by atoms with Gasteiger partial charge in [-0.15, -0.1) is 0 Å². The zero-order valence-corrected chi connectivity index (χ0v) is 42.9. The summed E-state index contributed by atoms with van der Waals surface area (Å²) >= 11 is 0. The highest BCUT2D eigenvalue weighted by atomic mass is 31.2. The van der Waals surface area contributed by atoms with Crippen molar-refractivity contribution in [2.24, 2.45) is 0 Å². The lowest BCUT2D eigenvalue weighted by atomic mass is 10.0. The summed E-state index contributed by atoms with van der Waals surface area (Å²) in [5.41, 5.74) is 0. The number of rotatable bonds is 49. The van der Waals surface area contributed by atoms with Crippen LogP contribution >= 0.6 is 7.82 Å². The minimum atomic E-state index is -4.63. The van der Waals surface area contributed by atoms with Gasteiger partial charge in [0.2, 0.25) is 0 Å². The molecule has 0 radical (unpaired) electrons. The third-order valence-corrected chi connectivity index (χ3v) is 12.7. The summed E-state index contributed by atoms with van der Waals surface area (Å²) < 4.78 is 34.1. The van der Waals surface area contributed by atoms with Crippen LogP contribution < -0.4 is 4.89 Å². The largest absolute Gasteiger partial charge is 0.756 e. The highest BCUT2D eigenvalue weighted by Gasteiger charge is 2.21. The number of esters is 2. The van der Waals surface area contributed by atoms with E-state index in [1.165, 1.54) is 167 Å². The van der Waals surface area contributed by atoms with Crippen LogP contribution in [0.5, 0.6) is 0 Å². The maximum absolute atomic E-state index is 12.7. The Hall–Kier alpha value is -1.51. The van der Waals surface area contributed by atoms with E-state index in [4.69, 9.17) is 18.5 Å². The Kier molecular flexibility index (Phi) is 44.5. The van der Waals surface area contributed by atoms with Gasteiger partial charge < -0.3 is 27.9 Å². The van der Waals surface area contributed by atoms with Crippen molar-refractivity contribution in [3.05, 3.63) is 24.3 Å². The number of ether oxygens (including phenoxy) is 2. The molecule has 0 aliphatic heterocycles. The van der Waals surface area contributed by atoms with Crippen LogP contribution in [0.4, 0.5) is 0 Å². The second-order valence-electron chi connectivity index (χ2n) is 19.2. The fourth-order valence-electron chi connectivity index (χ4n) is 7.57. The van der Waals surface area contributed by atoms with Crippen LogP contribution in [0.15, 0.2) is 24.3 Å². The van der Waals surface area contributed by atoms with Crippen molar-refractivity contribution in [3.63, 3.8) is 0 Å². The first kappa shape index (κ1) is 61.5. The summed E-state index contributed by atoms with van der Waals surface area (Å²) in [6.07, 6.45) is 52.1. The summed E-state index contributed by atoms with van der Waals surface area (Å²) in [6.45, 7) is 4.25. The molecule has 0 spiro atoms. The molecule has 0 aromatic rings. The fourth-order valence-corrected chi connectivity index (χ4v) is 8.30. The number of phosphoric ester groups is 1. The monoisotopic (exact) mass is 912 g/mol. The Balaban J connectivity index is 4.20. The summed E-state index contributed by atoms with van der Waals surface area (Å²) in [6, 6.07) is 0. The maximum Gasteiger partial charge on any atom is 0.306 e. The van der Waals surface area contributed by atoms with Gasteiger partial charge in [0.25, 0.3) is 7.82 Å². The van der Waals surface area contributed by atoms with E-state index in [2.05, 4.69) is 38.2 Å². The second kappa shape index (κ2) is 45.6. The molecule has 0 aromatic carbocycles. The van der Waals surface area contributed by atoms with E-state index in [0.717, 1.165) is 51.4 Å². The Bertz CT molecular complexity index is 1120. The Morgan fingerprint density at radius 2 is 0.857 bits per heavy atom. The molecule has 0 N–H and O–H groups in total. The van der Waals surface area contributed by atoms with Gasteiger partial charge in [0, 0.05) is 12.8 Å². The normalized spacial score (nSPS) is 13.6. The number of unbranched alkanes of at least 4 members (excludes halogenated alkanes) is 31. The number of hydrogen-bond donors (Lipinski definition) is 0. The van der Waals surface area contributed by atoms with Gasteiger partial charge in [-0.3, -0.25) is 14.2 Å². The van der Waals surface area contributed by atoms with Crippen molar-refractivity contribution < 1.29 is 42.1 Å². The predicted molar refractivity (Wildman–Crippen MR) is 264 cm³/mol. The lowest BCUT2D eigenvalue weighted by molar-refractivity contribution is -0.870. The number of carbonyl (C=O) groups excluding carboxylic acids is 2. The molecule has 0 amide bonds. The lowest BCUT2D eigenvalue weighted by Crippen LogP contribution is -2.37. The van der Waals surface area contributed by atoms with Crippen LogP contribution in [0.1, 0.15) is 251 Å². The van der Waals surface area contributed by atoms with Gasteiger partial charge in [0.15, 0.2) is 6.10 Å². The molecule has 0 aromatic heterocycles. The molecule has 0 heterocycles. The molecular weight excluding hydrogens is 810 g/mol. The number of quaternary nitrogens is 1. The van der Waals surface area contributed by atoms with Crippen molar-refractivity contribution in [1.82, 2.24) is 0 Å². The molecule has 9 nitrogen and oxygen atoms in total. The van der Waals surface area contributed by atoms with E-state index in [1.807, 2.05) is 21.1 Å². The molecule has 0 saturated carbocycles. The first-order valence-corrected chi connectivity index (χ1v) is 28.0. The first-order valence-electron chi connectivity index (χ1n) is 26.5. The Morgan fingerprint density at radius 3 is 1.27 bits per heavy atom. The second-order valence-corrected chi connectivity index (χ2v) is 20.7. The molecule has 0 aliphatic carbocycles. The third kappa shape index (κ3) is 49.8. The average Bonchev–Trinajstić information content (AvgIpc) is 3.24. The van der Waals surface area contributed by atoms with E-state index in [0.29, 0.717) is 17.4 Å². The molecule has 372 valence electrons. The molecule has 2 atom stereocenters. The SMILES string of the molecule is CCCCCC/C=C\C/C=C\CCCCCCCCCC(=O)OC(COC(=O)CCCCCCCCCCCCCCCCCCCCCCC)COP(=O)([O-])OCC[N+](C)(C)C. The van der Waals surface area contributed by atoms with Gasteiger partial charge in [-0.2, -0.15) is 0 Å². The Morgan fingerprint density at radius 1 is 0.492 bits per heavy atom. The number of allylic oxidation sites excluding steroid dienone is 4. The molecular formula is C53H102NO8P. The van der Waals surface area contributed by atoms with Crippen molar-refractivity contribution >= 4 is 19.8 Å². The van der Waals surface area contributed by atoms with Gasteiger partial charge >= 0.3 is 11.9 Å². The predicted octanol–water partition coefficient (Wildman–Crippen LogP) is 15.2. The van der Waals surface area contributed by atoms with E-state index in [-0.39, 0.29) is 32.0 Å². The summed E-state index contributed by atoms with van der Waals surface area (Å²) in [7, 11) is 1.17. The summed E-state index contributed by atoms with van der Waals surface area (Å²) in [5, 5.41) is 0. The molecule has 2 unspecified atom stereocenters. The van der Waals surface area contributed by atoms with Crippen LogP contribution in [-0.4, -0.2) is 70.0 Å². The average molecular weight is 912 g/mol. The summed E-state index contributed by atoms with van der Waals surface area (Å²) in [4.78, 5) is 37.7. The number of nitrogens with zero attached hydrogens (tertiary/aromatic N) is 1. The van der Waals surface area contributed by atoms with E-state index >= 15 is 0 Å². The smallest absolute Gasteiger partial charge is 0.306 e. The standard InChI is InChI=1S/C53H102NO8P/c1-6-8-10-12-14-16-18-20-22-24-26-27-28-30-31-33-35-37-39-41-43-45-52(55)59-49-51(50-61-63(57,58)60-48-47-54(3,4)5)62-53(56)46-44-42-40-38-36-34-32-29-25-23-21-19-17-15-13-11-9-7-2/h17,19,23,25,51H,6-16,18,20-22,24,26-50H2,1-5H3/b19-17-,25-23-. The lowest BCUT2D eigenvalue weighted by Gasteiger charge is -2.28. The maximum atomic E-state index is 12.7. The summed E-state index contributed by atoms with van der Waals surface area (Å²) in [5.74, 6) is -0.830. The van der Waals surface area contributed by atoms with Crippen LogP contribution in [-0.2, 0) is 32.7 Å². The number of carbonyl (C=O) groups is 2. The van der Waals surface area contributed by atoms with Crippen molar-refractivity contribution in [3.8, 4) is 0 Å². The van der Waals surface area contributed by atoms with Crippen LogP contribution in [0, 0.1) is 0 Å². The fraction of sp³-hybridized carbons (Fsp3) is 0.887. The van der Waals surface area contributed by atoms with Crippen molar-refractivity contribution in [2.45, 2.75) is 258 Å². The Labute approximate surface area is 389 Å². The quantitative estimate of drug-likeness (QED) is 0.0195. The zero-order valence-electron chi connectivity index (χ0n) is 42.0. The van der Waals surface area contributed by atoms with Gasteiger partial charge in [-0.25, -0.2) is 0 Å². The van der Waals surface area contributed by atoms with Crippen LogP contribution in [0.2, 0.25) is 0 Å². The van der Waals surface area contributed by atoms with Gasteiger partial charge in [0.1, 0.15) is 19.8 Å². The molecule has 0 fully saturated rings.